The Morgan fingerprint density at radius 2 is 1.60 bits per heavy atom. The molecule has 0 N–H and O–H groups in total. The van der Waals surface area contributed by atoms with Gasteiger partial charge in [0.1, 0.15) is 5.37 Å². The van der Waals surface area contributed by atoms with Gasteiger partial charge in [-0.25, -0.2) is 5.01 Å². The highest BCUT2D eigenvalue weighted by atomic mass is 32.2. The number of thioether (sulfide) groups is 1. The predicted octanol–water partition coefficient (Wildman–Crippen LogP) is 4.64. The van der Waals surface area contributed by atoms with E-state index < -0.39 is 0 Å². The number of rotatable bonds is 2. The van der Waals surface area contributed by atoms with Crippen molar-refractivity contribution in [2.45, 2.75) is 12.3 Å². The molecule has 100 valence electrons. The van der Waals surface area contributed by atoms with Crippen molar-refractivity contribution >= 4 is 28.3 Å². The van der Waals surface area contributed by atoms with Gasteiger partial charge in [0.05, 0.1) is 11.4 Å². The molecule has 0 fully saturated rings. The van der Waals surface area contributed by atoms with Crippen LogP contribution in [0.3, 0.4) is 0 Å². The predicted molar refractivity (Wildman–Crippen MR) is 84.4 cm³/mol. The first-order valence-electron chi connectivity index (χ1n) is 6.39. The molecule has 4 nitrogen and oxygen atoms in total. The number of azo groups is 1. The van der Waals surface area contributed by atoms with Crippen LogP contribution in [0.1, 0.15) is 6.92 Å². The van der Waals surface area contributed by atoms with Crippen LogP contribution in [0.15, 0.2) is 76.0 Å². The van der Waals surface area contributed by atoms with E-state index in [0.29, 0.717) is 5.17 Å². The van der Waals surface area contributed by atoms with Crippen molar-refractivity contribution in [2.75, 3.05) is 5.01 Å². The average Bonchev–Trinajstić information content (AvgIpc) is 2.88. The van der Waals surface area contributed by atoms with Crippen LogP contribution in [0.4, 0.5) is 11.4 Å². The van der Waals surface area contributed by atoms with Crippen LogP contribution >= 0.6 is 11.8 Å². The van der Waals surface area contributed by atoms with Gasteiger partial charge in [-0.1, -0.05) is 48.2 Å². The van der Waals surface area contributed by atoms with Crippen LogP contribution in [0.25, 0.3) is 0 Å². The zero-order valence-electron chi connectivity index (χ0n) is 11.0. The number of anilines is 1. The SMILES string of the molecule is CC1SC(N=Nc2ccccc2)=NN1c1ccccc1. The fraction of sp³-hybridized carbons (Fsp3) is 0.133. The highest BCUT2D eigenvalue weighted by Gasteiger charge is 2.24. The van der Waals surface area contributed by atoms with Crippen LogP contribution in [0, 0.1) is 0 Å². The summed E-state index contributed by atoms with van der Waals surface area (Å²) in [5.41, 5.74) is 1.90. The number of nitrogens with zero attached hydrogens (tertiary/aromatic N) is 4. The zero-order chi connectivity index (χ0) is 13.8. The lowest BCUT2D eigenvalue weighted by molar-refractivity contribution is 0.861. The third kappa shape index (κ3) is 2.88. The Hall–Kier alpha value is -2.14. The Morgan fingerprint density at radius 3 is 2.30 bits per heavy atom. The van der Waals surface area contributed by atoms with E-state index in [9.17, 15) is 0 Å². The second-order valence-electron chi connectivity index (χ2n) is 4.32. The largest absolute Gasteiger partial charge is 0.250 e. The smallest absolute Gasteiger partial charge is 0.229 e. The molecule has 2 aromatic rings. The molecule has 0 aromatic heterocycles. The molecule has 1 heterocycles. The first-order chi connectivity index (χ1) is 9.83. The van der Waals surface area contributed by atoms with Crippen molar-refractivity contribution in [1.29, 1.82) is 0 Å². The van der Waals surface area contributed by atoms with E-state index in [0.717, 1.165) is 11.4 Å². The van der Waals surface area contributed by atoms with Gasteiger partial charge in [0.2, 0.25) is 5.17 Å². The lowest BCUT2D eigenvalue weighted by atomic mass is 10.3. The summed E-state index contributed by atoms with van der Waals surface area (Å²) in [4.78, 5) is 0. The van der Waals surface area contributed by atoms with Gasteiger partial charge in [-0.3, -0.25) is 0 Å². The standard InChI is InChI=1S/C15H14N4S/c1-12-19(14-10-6-3-7-11-14)18-15(20-12)17-16-13-8-4-2-5-9-13/h2-12H,1H3. The quantitative estimate of drug-likeness (QED) is 0.753. The van der Waals surface area contributed by atoms with Crippen molar-refractivity contribution in [3.63, 3.8) is 0 Å². The summed E-state index contributed by atoms with van der Waals surface area (Å²) in [6, 6.07) is 19.8. The summed E-state index contributed by atoms with van der Waals surface area (Å²) in [5, 5.41) is 15.8. The molecule has 5 heteroatoms. The highest BCUT2D eigenvalue weighted by molar-refractivity contribution is 8.14. The van der Waals surface area contributed by atoms with Crippen LogP contribution < -0.4 is 5.01 Å². The Morgan fingerprint density at radius 1 is 0.950 bits per heavy atom. The van der Waals surface area contributed by atoms with Crippen molar-refractivity contribution in [3.8, 4) is 0 Å². The maximum Gasteiger partial charge on any atom is 0.229 e. The number of para-hydroxylation sites is 1. The highest BCUT2D eigenvalue weighted by Crippen LogP contribution is 2.31. The van der Waals surface area contributed by atoms with E-state index in [2.05, 4.69) is 22.3 Å². The second-order valence-corrected chi connectivity index (χ2v) is 5.60. The van der Waals surface area contributed by atoms with Crippen LogP contribution in [0.5, 0.6) is 0 Å². The number of amidine groups is 1. The van der Waals surface area contributed by atoms with E-state index in [-0.39, 0.29) is 5.37 Å². The maximum absolute atomic E-state index is 4.51. The molecular formula is C15H14N4S. The van der Waals surface area contributed by atoms with Crippen molar-refractivity contribution in [2.24, 2.45) is 15.3 Å². The minimum Gasteiger partial charge on any atom is -0.250 e. The summed E-state index contributed by atoms with van der Waals surface area (Å²) >= 11 is 1.60. The molecule has 1 aliphatic rings. The molecular weight excluding hydrogens is 268 g/mol. The van der Waals surface area contributed by atoms with Gasteiger partial charge >= 0.3 is 0 Å². The molecule has 3 rings (SSSR count). The normalized spacial score (nSPS) is 18.6. The minimum absolute atomic E-state index is 0.224. The number of hydrogen-bond donors (Lipinski definition) is 0. The molecule has 0 aliphatic carbocycles. The summed E-state index contributed by atoms with van der Waals surface area (Å²) in [6.45, 7) is 2.10. The second kappa shape index (κ2) is 5.88. The van der Waals surface area contributed by atoms with E-state index in [4.69, 9.17) is 0 Å². The van der Waals surface area contributed by atoms with Gasteiger partial charge in [-0.2, -0.15) is 0 Å². The topological polar surface area (TPSA) is 40.3 Å². The third-order valence-corrected chi connectivity index (χ3v) is 3.76. The molecule has 0 bridgehead atoms. The Labute approximate surface area is 122 Å². The van der Waals surface area contributed by atoms with E-state index >= 15 is 0 Å². The zero-order valence-corrected chi connectivity index (χ0v) is 11.9. The molecule has 0 spiro atoms. The molecule has 0 saturated heterocycles. The Kier molecular flexibility index (Phi) is 3.78. The summed E-state index contributed by atoms with van der Waals surface area (Å²) < 4.78 is 0. The molecule has 1 atom stereocenters. The molecule has 2 aromatic carbocycles. The molecule has 0 amide bonds. The van der Waals surface area contributed by atoms with Gasteiger partial charge in [-0.15, -0.1) is 15.3 Å². The molecule has 0 saturated carbocycles. The van der Waals surface area contributed by atoms with E-state index in [1.807, 2.05) is 65.7 Å². The minimum atomic E-state index is 0.224. The third-order valence-electron chi connectivity index (χ3n) is 2.84. The first-order valence-corrected chi connectivity index (χ1v) is 7.27. The maximum atomic E-state index is 4.51. The van der Waals surface area contributed by atoms with E-state index in [1.54, 1.807) is 11.8 Å². The molecule has 1 aliphatic heterocycles. The van der Waals surface area contributed by atoms with Crippen LogP contribution in [-0.4, -0.2) is 10.5 Å². The van der Waals surface area contributed by atoms with Crippen molar-refractivity contribution < 1.29 is 0 Å². The van der Waals surface area contributed by atoms with Gasteiger partial charge in [-0.05, 0) is 31.2 Å². The number of hydrogen-bond acceptors (Lipinski definition) is 5. The number of benzene rings is 2. The summed E-state index contributed by atoms with van der Waals surface area (Å²) in [7, 11) is 0. The summed E-state index contributed by atoms with van der Waals surface area (Å²) in [5.74, 6) is 0. The molecule has 0 radical (unpaired) electrons. The van der Waals surface area contributed by atoms with Gasteiger partial charge in [0.25, 0.3) is 0 Å². The van der Waals surface area contributed by atoms with Gasteiger partial charge in [0, 0.05) is 0 Å². The van der Waals surface area contributed by atoms with Gasteiger partial charge in [0.15, 0.2) is 0 Å². The lowest BCUT2D eigenvalue weighted by Crippen LogP contribution is -2.19. The lowest BCUT2D eigenvalue weighted by Gasteiger charge is -2.18. The van der Waals surface area contributed by atoms with Crippen LogP contribution in [0.2, 0.25) is 0 Å². The average molecular weight is 282 g/mol. The fourth-order valence-electron chi connectivity index (χ4n) is 1.89. The van der Waals surface area contributed by atoms with Gasteiger partial charge < -0.3 is 0 Å². The van der Waals surface area contributed by atoms with Crippen LogP contribution in [-0.2, 0) is 0 Å². The number of hydrazone groups is 1. The first kappa shape index (κ1) is 12.9. The van der Waals surface area contributed by atoms with E-state index in [1.165, 1.54) is 0 Å². The fourth-order valence-corrected chi connectivity index (χ4v) is 2.68. The Bertz CT molecular complexity index is 625. The molecule has 1 unspecified atom stereocenters. The Balaban J connectivity index is 1.77. The summed E-state index contributed by atoms with van der Waals surface area (Å²) in [6.07, 6.45) is 0. The van der Waals surface area contributed by atoms with Crippen molar-refractivity contribution in [1.82, 2.24) is 0 Å². The molecule has 20 heavy (non-hydrogen) atoms. The van der Waals surface area contributed by atoms with Crippen molar-refractivity contribution in [3.05, 3.63) is 60.7 Å². The monoisotopic (exact) mass is 282 g/mol.